The molecule has 1 aliphatic carbocycles. The highest BCUT2D eigenvalue weighted by atomic mass is 16.5. The van der Waals surface area contributed by atoms with Crippen LogP contribution in [0.25, 0.3) is 0 Å². The molecule has 2 fully saturated rings. The number of hydrogen-bond acceptors (Lipinski definition) is 2. The van der Waals surface area contributed by atoms with Crippen molar-refractivity contribution in [3.8, 4) is 0 Å². The number of hydrogen-bond donors (Lipinski definition) is 1. The van der Waals surface area contributed by atoms with E-state index < -0.39 is 0 Å². The zero-order valence-electron chi connectivity index (χ0n) is 7.16. The molecule has 0 amide bonds. The first kappa shape index (κ1) is 7.56. The lowest BCUT2D eigenvalue weighted by Crippen LogP contribution is -2.42. The fourth-order valence-electron chi connectivity index (χ4n) is 2.65. The van der Waals surface area contributed by atoms with E-state index in [1.807, 2.05) is 0 Å². The van der Waals surface area contributed by atoms with Crippen LogP contribution in [0.1, 0.15) is 39.0 Å². The quantitative estimate of drug-likeness (QED) is 0.626. The maximum atomic E-state index is 9.69. The van der Waals surface area contributed by atoms with Gasteiger partial charge in [-0.1, -0.05) is 6.92 Å². The van der Waals surface area contributed by atoms with Gasteiger partial charge in [0.2, 0.25) is 0 Å². The first-order chi connectivity index (χ1) is 5.31. The van der Waals surface area contributed by atoms with Crippen LogP contribution < -0.4 is 0 Å². The number of hydroxylamine groups is 2. The monoisotopic (exact) mass is 155 g/mol. The maximum absolute atomic E-state index is 9.69. The molecule has 11 heavy (non-hydrogen) atoms. The first-order valence-corrected chi connectivity index (χ1v) is 4.78. The van der Waals surface area contributed by atoms with Crippen molar-refractivity contribution in [3.05, 3.63) is 0 Å². The summed E-state index contributed by atoms with van der Waals surface area (Å²) in [6.45, 7) is 2.17. The van der Waals surface area contributed by atoms with Crippen molar-refractivity contribution in [2.45, 2.75) is 51.1 Å². The molecule has 3 atom stereocenters. The Morgan fingerprint density at radius 3 is 2.91 bits per heavy atom. The van der Waals surface area contributed by atoms with Gasteiger partial charge in [0.25, 0.3) is 0 Å². The van der Waals surface area contributed by atoms with E-state index in [0.29, 0.717) is 12.1 Å². The van der Waals surface area contributed by atoms with Crippen LogP contribution in [-0.4, -0.2) is 22.4 Å². The van der Waals surface area contributed by atoms with Crippen LogP contribution in [0, 0.1) is 5.92 Å². The van der Waals surface area contributed by atoms with Crippen LogP contribution >= 0.6 is 0 Å². The zero-order chi connectivity index (χ0) is 7.84. The van der Waals surface area contributed by atoms with Crippen molar-refractivity contribution < 1.29 is 5.21 Å². The second kappa shape index (κ2) is 2.76. The Morgan fingerprint density at radius 1 is 1.36 bits per heavy atom. The van der Waals surface area contributed by atoms with Crippen molar-refractivity contribution in [3.63, 3.8) is 0 Å². The summed E-state index contributed by atoms with van der Waals surface area (Å²) in [5, 5.41) is 11.3. The maximum Gasteiger partial charge on any atom is 0.0356 e. The predicted molar refractivity (Wildman–Crippen MR) is 43.5 cm³/mol. The summed E-state index contributed by atoms with van der Waals surface area (Å²) >= 11 is 0. The summed E-state index contributed by atoms with van der Waals surface area (Å²) < 4.78 is 0. The fraction of sp³-hybridized carbons (Fsp3) is 1.00. The highest BCUT2D eigenvalue weighted by Gasteiger charge is 2.38. The molecule has 1 saturated carbocycles. The molecule has 2 heteroatoms. The molecule has 1 heterocycles. The highest BCUT2D eigenvalue weighted by molar-refractivity contribution is 4.89. The molecule has 3 unspecified atom stereocenters. The molecule has 64 valence electrons. The lowest BCUT2D eigenvalue weighted by molar-refractivity contribution is -0.173. The molecule has 1 aliphatic heterocycles. The Bertz CT molecular complexity index is 148. The van der Waals surface area contributed by atoms with Crippen molar-refractivity contribution in [1.82, 2.24) is 5.06 Å². The largest absolute Gasteiger partial charge is 0.313 e. The number of piperidine rings is 1. The molecule has 0 aromatic rings. The van der Waals surface area contributed by atoms with Crippen molar-refractivity contribution in [2.24, 2.45) is 5.92 Å². The van der Waals surface area contributed by atoms with Gasteiger partial charge in [0.05, 0.1) is 0 Å². The van der Waals surface area contributed by atoms with E-state index in [-0.39, 0.29) is 0 Å². The molecular formula is C9H17NO. The van der Waals surface area contributed by atoms with Crippen LogP contribution in [0.15, 0.2) is 0 Å². The highest BCUT2D eigenvalue weighted by Crippen LogP contribution is 2.39. The van der Waals surface area contributed by atoms with E-state index in [4.69, 9.17) is 0 Å². The van der Waals surface area contributed by atoms with E-state index >= 15 is 0 Å². The summed E-state index contributed by atoms with van der Waals surface area (Å²) in [5.74, 6) is 0.924. The molecule has 1 saturated heterocycles. The SMILES string of the molecule is CCC1CC2CCC(C2)N1O. The van der Waals surface area contributed by atoms with Gasteiger partial charge in [-0.25, -0.2) is 0 Å². The first-order valence-electron chi connectivity index (χ1n) is 4.78. The van der Waals surface area contributed by atoms with Crippen molar-refractivity contribution in [2.75, 3.05) is 0 Å². The normalized spacial score (nSPS) is 44.7. The third-order valence-corrected chi connectivity index (χ3v) is 3.34. The van der Waals surface area contributed by atoms with E-state index in [2.05, 4.69) is 6.92 Å². The van der Waals surface area contributed by atoms with Gasteiger partial charge in [0.15, 0.2) is 0 Å². The topological polar surface area (TPSA) is 23.5 Å². The van der Waals surface area contributed by atoms with E-state index in [0.717, 1.165) is 12.3 Å². The van der Waals surface area contributed by atoms with Gasteiger partial charge in [-0.2, -0.15) is 5.06 Å². The number of rotatable bonds is 1. The molecule has 1 N–H and O–H groups in total. The average molecular weight is 155 g/mol. The molecule has 2 bridgehead atoms. The van der Waals surface area contributed by atoms with Gasteiger partial charge in [-0.3, -0.25) is 0 Å². The molecule has 0 aromatic carbocycles. The summed E-state index contributed by atoms with van der Waals surface area (Å²) in [7, 11) is 0. The molecule has 0 spiro atoms. The minimum Gasteiger partial charge on any atom is -0.313 e. The Morgan fingerprint density at radius 2 is 2.18 bits per heavy atom. The fourth-order valence-corrected chi connectivity index (χ4v) is 2.65. The Labute approximate surface area is 68.2 Å². The number of nitrogens with zero attached hydrogens (tertiary/aromatic N) is 1. The summed E-state index contributed by atoms with van der Waals surface area (Å²) in [4.78, 5) is 0. The molecule has 0 aromatic heterocycles. The predicted octanol–water partition coefficient (Wildman–Crippen LogP) is 2.03. The van der Waals surface area contributed by atoms with E-state index in [1.165, 1.54) is 25.7 Å². The smallest absolute Gasteiger partial charge is 0.0356 e. The van der Waals surface area contributed by atoms with Crippen molar-refractivity contribution in [1.29, 1.82) is 0 Å². The lowest BCUT2D eigenvalue weighted by Gasteiger charge is -2.35. The third kappa shape index (κ3) is 1.18. The molecule has 2 nitrogen and oxygen atoms in total. The van der Waals surface area contributed by atoms with Gasteiger partial charge < -0.3 is 5.21 Å². The Balaban J connectivity index is 2.05. The van der Waals surface area contributed by atoms with Crippen LogP contribution in [0.5, 0.6) is 0 Å². The van der Waals surface area contributed by atoms with Crippen LogP contribution in [0.3, 0.4) is 0 Å². The van der Waals surface area contributed by atoms with Gasteiger partial charge in [0, 0.05) is 12.1 Å². The van der Waals surface area contributed by atoms with Gasteiger partial charge in [-0.05, 0) is 38.0 Å². The van der Waals surface area contributed by atoms with Crippen LogP contribution in [0.2, 0.25) is 0 Å². The second-order valence-corrected chi connectivity index (χ2v) is 4.01. The van der Waals surface area contributed by atoms with Crippen molar-refractivity contribution >= 4 is 0 Å². The Hall–Kier alpha value is -0.0800. The molecule has 0 radical (unpaired) electrons. The molecule has 2 aliphatic rings. The molecular weight excluding hydrogens is 138 g/mol. The average Bonchev–Trinajstić information content (AvgIpc) is 2.42. The van der Waals surface area contributed by atoms with E-state index in [1.54, 1.807) is 5.06 Å². The van der Waals surface area contributed by atoms with Gasteiger partial charge >= 0.3 is 0 Å². The van der Waals surface area contributed by atoms with E-state index in [9.17, 15) is 5.21 Å². The second-order valence-electron chi connectivity index (χ2n) is 4.01. The van der Waals surface area contributed by atoms with Crippen LogP contribution in [0.4, 0.5) is 0 Å². The standard InChI is InChI=1S/C9H17NO/c1-2-8-5-7-3-4-9(6-7)10(8)11/h7-9,11H,2-6H2,1H3. The number of fused-ring (bicyclic) bond motifs is 2. The lowest BCUT2D eigenvalue weighted by atomic mass is 9.93. The van der Waals surface area contributed by atoms with Crippen LogP contribution in [-0.2, 0) is 0 Å². The van der Waals surface area contributed by atoms with Gasteiger partial charge in [-0.15, -0.1) is 0 Å². The minimum absolute atomic E-state index is 0.459. The Kier molecular flexibility index (Phi) is 1.90. The van der Waals surface area contributed by atoms with Gasteiger partial charge in [0.1, 0.15) is 0 Å². The summed E-state index contributed by atoms with van der Waals surface area (Å²) in [6, 6.07) is 0.958. The third-order valence-electron chi connectivity index (χ3n) is 3.34. The summed E-state index contributed by atoms with van der Waals surface area (Å²) in [6.07, 6.45) is 6.13. The minimum atomic E-state index is 0.459. The summed E-state index contributed by atoms with van der Waals surface area (Å²) in [5.41, 5.74) is 0. The zero-order valence-corrected chi connectivity index (χ0v) is 7.16. The molecule has 2 rings (SSSR count).